The SMILES string of the molecule is C/C(=N\NC(=O)CCC(=O)Nc1cc(C)ccc1C)c1ccc(Cl)cc1. The number of nitrogens with one attached hydrogen (secondary N) is 2. The van der Waals surface area contributed by atoms with E-state index in [-0.39, 0.29) is 24.7 Å². The molecule has 0 saturated heterocycles. The molecule has 0 aliphatic carbocycles. The molecule has 0 heterocycles. The molecular weight excluding hydrogens is 350 g/mol. The van der Waals surface area contributed by atoms with Gasteiger partial charge in [0.2, 0.25) is 11.8 Å². The first-order valence-electron chi connectivity index (χ1n) is 8.31. The molecule has 0 bridgehead atoms. The molecule has 0 aliphatic rings. The van der Waals surface area contributed by atoms with Gasteiger partial charge >= 0.3 is 0 Å². The third-order valence-electron chi connectivity index (χ3n) is 3.86. The summed E-state index contributed by atoms with van der Waals surface area (Å²) in [5.41, 5.74) is 6.82. The third kappa shape index (κ3) is 6.01. The molecule has 2 aromatic carbocycles. The molecule has 0 atom stereocenters. The van der Waals surface area contributed by atoms with Crippen LogP contribution in [0.5, 0.6) is 0 Å². The number of hydrogen-bond acceptors (Lipinski definition) is 3. The van der Waals surface area contributed by atoms with Crippen LogP contribution in [0.25, 0.3) is 0 Å². The van der Waals surface area contributed by atoms with Crippen LogP contribution in [0.2, 0.25) is 5.02 Å². The van der Waals surface area contributed by atoms with Crippen LogP contribution in [0.4, 0.5) is 5.69 Å². The predicted molar refractivity (Wildman–Crippen MR) is 106 cm³/mol. The van der Waals surface area contributed by atoms with Gasteiger partial charge in [0.25, 0.3) is 0 Å². The van der Waals surface area contributed by atoms with Crippen molar-refractivity contribution < 1.29 is 9.59 Å². The van der Waals surface area contributed by atoms with Crippen molar-refractivity contribution in [2.45, 2.75) is 33.6 Å². The molecule has 2 aromatic rings. The summed E-state index contributed by atoms with van der Waals surface area (Å²) in [7, 11) is 0. The number of benzene rings is 2. The van der Waals surface area contributed by atoms with Gasteiger partial charge in [-0.3, -0.25) is 9.59 Å². The van der Waals surface area contributed by atoms with Gasteiger partial charge in [0.15, 0.2) is 0 Å². The number of rotatable bonds is 6. The standard InChI is InChI=1S/C20H22ClN3O2/c1-13-4-5-14(2)18(12-13)22-19(25)10-11-20(26)24-23-15(3)16-6-8-17(21)9-7-16/h4-9,12H,10-11H2,1-3H3,(H,22,25)(H,24,26)/b23-15+. The number of aryl methyl sites for hydroxylation is 2. The summed E-state index contributed by atoms with van der Waals surface area (Å²) in [6.07, 6.45) is 0.156. The highest BCUT2D eigenvalue weighted by molar-refractivity contribution is 6.30. The fourth-order valence-corrected chi connectivity index (χ4v) is 2.39. The quantitative estimate of drug-likeness (QED) is 0.589. The summed E-state index contributed by atoms with van der Waals surface area (Å²) in [6, 6.07) is 13.0. The molecule has 6 heteroatoms. The number of anilines is 1. The Morgan fingerprint density at radius 3 is 2.35 bits per heavy atom. The van der Waals surface area contributed by atoms with Crippen molar-refractivity contribution >= 4 is 34.8 Å². The number of carbonyl (C=O) groups excluding carboxylic acids is 2. The Kier molecular flexibility index (Phi) is 6.92. The summed E-state index contributed by atoms with van der Waals surface area (Å²) < 4.78 is 0. The zero-order valence-electron chi connectivity index (χ0n) is 15.1. The molecule has 5 nitrogen and oxygen atoms in total. The molecule has 0 aromatic heterocycles. The number of amides is 2. The molecule has 0 aliphatic heterocycles. The fourth-order valence-electron chi connectivity index (χ4n) is 2.27. The minimum Gasteiger partial charge on any atom is -0.326 e. The van der Waals surface area contributed by atoms with Crippen LogP contribution in [-0.2, 0) is 9.59 Å². The van der Waals surface area contributed by atoms with E-state index in [0.717, 1.165) is 22.4 Å². The zero-order chi connectivity index (χ0) is 19.1. The van der Waals surface area contributed by atoms with Gasteiger partial charge in [-0.2, -0.15) is 5.10 Å². The third-order valence-corrected chi connectivity index (χ3v) is 4.11. The average Bonchev–Trinajstić information content (AvgIpc) is 2.61. The molecule has 0 radical (unpaired) electrons. The molecule has 2 N–H and O–H groups in total. The number of hydrazone groups is 1. The topological polar surface area (TPSA) is 70.6 Å². The van der Waals surface area contributed by atoms with Gasteiger partial charge in [0.05, 0.1) is 5.71 Å². The van der Waals surface area contributed by atoms with E-state index in [2.05, 4.69) is 15.8 Å². The monoisotopic (exact) mass is 371 g/mol. The zero-order valence-corrected chi connectivity index (χ0v) is 15.9. The molecule has 2 amide bonds. The minimum atomic E-state index is -0.311. The van der Waals surface area contributed by atoms with Crippen molar-refractivity contribution in [2.24, 2.45) is 5.10 Å². The van der Waals surface area contributed by atoms with E-state index >= 15 is 0 Å². The second-order valence-corrected chi connectivity index (χ2v) is 6.54. The first kappa shape index (κ1) is 19.7. The van der Waals surface area contributed by atoms with Crippen LogP contribution < -0.4 is 10.7 Å². The lowest BCUT2D eigenvalue weighted by Gasteiger charge is -2.09. The van der Waals surface area contributed by atoms with E-state index in [0.29, 0.717) is 10.7 Å². The van der Waals surface area contributed by atoms with E-state index in [1.165, 1.54) is 0 Å². The minimum absolute atomic E-state index is 0.0636. The van der Waals surface area contributed by atoms with E-state index in [1.807, 2.05) is 44.2 Å². The Labute approximate surface area is 158 Å². The predicted octanol–water partition coefficient (Wildman–Crippen LogP) is 4.22. The maximum Gasteiger partial charge on any atom is 0.240 e. The maximum atomic E-state index is 12.0. The van der Waals surface area contributed by atoms with E-state index in [9.17, 15) is 9.59 Å². The Hall–Kier alpha value is -2.66. The van der Waals surface area contributed by atoms with Crippen LogP contribution in [0, 0.1) is 13.8 Å². The van der Waals surface area contributed by atoms with E-state index in [1.54, 1.807) is 19.1 Å². The number of nitrogens with zero attached hydrogens (tertiary/aromatic N) is 1. The van der Waals surface area contributed by atoms with Crippen molar-refractivity contribution in [3.63, 3.8) is 0 Å². The molecule has 0 saturated carbocycles. The van der Waals surface area contributed by atoms with Crippen LogP contribution in [-0.4, -0.2) is 17.5 Å². The average molecular weight is 372 g/mol. The van der Waals surface area contributed by atoms with Crippen LogP contribution in [0.1, 0.15) is 36.5 Å². The number of carbonyl (C=O) groups is 2. The molecule has 0 spiro atoms. The molecule has 0 fully saturated rings. The van der Waals surface area contributed by atoms with Gasteiger partial charge < -0.3 is 5.32 Å². The molecule has 26 heavy (non-hydrogen) atoms. The molecule has 136 valence electrons. The summed E-state index contributed by atoms with van der Waals surface area (Å²) in [6.45, 7) is 5.68. The first-order chi connectivity index (χ1) is 12.3. The lowest BCUT2D eigenvalue weighted by atomic mass is 10.1. The van der Waals surface area contributed by atoms with Crippen molar-refractivity contribution in [3.05, 3.63) is 64.2 Å². The highest BCUT2D eigenvalue weighted by Crippen LogP contribution is 2.16. The van der Waals surface area contributed by atoms with Crippen LogP contribution in [0.3, 0.4) is 0 Å². The normalized spacial score (nSPS) is 11.2. The Bertz CT molecular complexity index is 829. The Balaban J connectivity index is 1.82. The van der Waals surface area contributed by atoms with Crippen molar-refractivity contribution in [1.82, 2.24) is 5.43 Å². The molecule has 2 rings (SSSR count). The summed E-state index contributed by atoms with van der Waals surface area (Å²) in [4.78, 5) is 23.9. The maximum absolute atomic E-state index is 12.0. The summed E-state index contributed by atoms with van der Waals surface area (Å²) in [5.74, 6) is -0.512. The van der Waals surface area contributed by atoms with E-state index in [4.69, 9.17) is 11.6 Å². The lowest BCUT2D eigenvalue weighted by Crippen LogP contribution is -2.22. The largest absolute Gasteiger partial charge is 0.326 e. The Morgan fingerprint density at radius 1 is 1.00 bits per heavy atom. The summed E-state index contributed by atoms with van der Waals surface area (Å²) >= 11 is 5.84. The van der Waals surface area contributed by atoms with Crippen molar-refractivity contribution in [3.8, 4) is 0 Å². The van der Waals surface area contributed by atoms with Crippen LogP contribution in [0.15, 0.2) is 47.6 Å². The number of halogens is 1. The van der Waals surface area contributed by atoms with Gasteiger partial charge in [0, 0.05) is 23.6 Å². The van der Waals surface area contributed by atoms with Gasteiger partial charge in [-0.15, -0.1) is 0 Å². The van der Waals surface area contributed by atoms with E-state index < -0.39 is 0 Å². The van der Waals surface area contributed by atoms with Crippen molar-refractivity contribution in [2.75, 3.05) is 5.32 Å². The highest BCUT2D eigenvalue weighted by Gasteiger charge is 2.09. The first-order valence-corrected chi connectivity index (χ1v) is 8.69. The van der Waals surface area contributed by atoms with Gasteiger partial charge in [0.1, 0.15) is 0 Å². The van der Waals surface area contributed by atoms with Crippen molar-refractivity contribution in [1.29, 1.82) is 0 Å². The van der Waals surface area contributed by atoms with Gasteiger partial charge in [-0.05, 0) is 55.7 Å². The molecular formula is C20H22ClN3O2. The number of hydrogen-bond donors (Lipinski definition) is 2. The lowest BCUT2D eigenvalue weighted by molar-refractivity contribution is -0.124. The highest BCUT2D eigenvalue weighted by atomic mass is 35.5. The Morgan fingerprint density at radius 2 is 1.65 bits per heavy atom. The second-order valence-electron chi connectivity index (χ2n) is 6.11. The van der Waals surface area contributed by atoms with Gasteiger partial charge in [-0.1, -0.05) is 35.9 Å². The van der Waals surface area contributed by atoms with Crippen LogP contribution >= 0.6 is 11.6 Å². The van der Waals surface area contributed by atoms with Gasteiger partial charge in [-0.25, -0.2) is 5.43 Å². The second kappa shape index (κ2) is 9.15. The summed E-state index contributed by atoms with van der Waals surface area (Å²) in [5, 5.41) is 7.53. The fraction of sp³-hybridized carbons (Fsp3) is 0.250. The molecule has 0 unspecified atom stereocenters. The smallest absolute Gasteiger partial charge is 0.240 e.